The van der Waals surface area contributed by atoms with Crippen LogP contribution >= 0.6 is 11.3 Å². The molecule has 144 valence electrons. The molecular formula is C20H20N4O3S. The Kier molecular flexibility index (Phi) is 4.23. The topological polar surface area (TPSA) is 92.3 Å². The number of carbonyl (C=O) groups excluding carboxylic acids is 3. The van der Waals surface area contributed by atoms with Gasteiger partial charge in [0.1, 0.15) is 5.01 Å². The maximum atomic E-state index is 12.9. The maximum absolute atomic E-state index is 12.9. The second-order valence-corrected chi connectivity index (χ2v) is 8.72. The fourth-order valence-corrected chi connectivity index (χ4v) is 4.93. The van der Waals surface area contributed by atoms with Crippen molar-refractivity contribution in [1.29, 1.82) is 0 Å². The molecular weight excluding hydrogens is 376 g/mol. The monoisotopic (exact) mass is 396 g/mol. The summed E-state index contributed by atoms with van der Waals surface area (Å²) in [5, 5.41) is 12.3. The molecule has 1 N–H and O–H groups in total. The van der Waals surface area contributed by atoms with E-state index in [2.05, 4.69) is 15.5 Å². The highest BCUT2D eigenvalue weighted by Crippen LogP contribution is 2.42. The third kappa shape index (κ3) is 3.01. The van der Waals surface area contributed by atoms with Crippen LogP contribution in [0.4, 0.5) is 5.13 Å². The van der Waals surface area contributed by atoms with Crippen LogP contribution in [0.2, 0.25) is 0 Å². The summed E-state index contributed by atoms with van der Waals surface area (Å²) in [6, 6.07) is 4.67. The number of nitrogens with one attached hydrogen (secondary N) is 1. The van der Waals surface area contributed by atoms with E-state index in [-0.39, 0.29) is 23.8 Å². The third-order valence-corrected chi connectivity index (χ3v) is 6.71. The van der Waals surface area contributed by atoms with Gasteiger partial charge in [0.05, 0.1) is 11.1 Å². The molecule has 8 heteroatoms. The van der Waals surface area contributed by atoms with Crippen molar-refractivity contribution in [2.75, 3.05) is 5.32 Å². The highest BCUT2D eigenvalue weighted by Gasteiger charge is 2.40. The molecule has 1 aromatic heterocycles. The zero-order valence-corrected chi connectivity index (χ0v) is 16.1. The van der Waals surface area contributed by atoms with Crippen molar-refractivity contribution >= 4 is 34.2 Å². The summed E-state index contributed by atoms with van der Waals surface area (Å²) >= 11 is 1.39. The van der Waals surface area contributed by atoms with Crippen LogP contribution in [0, 0.1) is 0 Å². The van der Waals surface area contributed by atoms with Crippen LogP contribution in [0.25, 0.3) is 0 Å². The Labute approximate surface area is 166 Å². The first-order valence-electron chi connectivity index (χ1n) is 9.78. The summed E-state index contributed by atoms with van der Waals surface area (Å²) in [5.74, 6) is -0.388. The van der Waals surface area contributed by atoms with Gasteiger partial charge in [-0.3, -0.25) is 24.6 Å². The van der Waals surface area contributed by atoms with Crippen LogP contribution < -0.4 is 5.32 Å². The summed E-state index contributed by atoms with van der Waals surface area (Å²) in [6.45, 7) is 0. The number of amides is 3. The van der Waals surface area contributed by atoms with Crippen LogP contribution in [0.15, 0.2) is 18.2 Å². The molecule has 0 atom stereocenters. The predicted octanol–water partition coefficient (Wildman–Crippen LogP) is 3.60. The minimum absolute atomic E-state index is 0.0272. The number of nitrogens with zero attached hydrogens (tertiary/aromatic N) is 3. The molecule has 0 unspecified atom stereocenters. The third-order valence-electron chi connectivity index (χ3n) is 5.71. The molecule has 0 bridgehead atoms. The van der Waals surface area contributed by atoms with E-state index < -0.39 is 0 Å². The fraction of sp³-hybridized carbons (Fsp3) is 0.450. The molecule has 2 aliphatic carbocycles. The Morgan fingerprint density at radius 3 is 2.50 bits per heavy atom. The number of rotatable bonds is 4. The Morgan fingerprint density at radius 1 is 1.00 bits per heavy atom. The lowest BCUT2D eigenvalue weighted by Gasteiger charge is -2.29. The highest BCUT2D eigenvalue weighted by molar-refractivity contribution is 7.15. The molecule has 2 saturated carbocycles. The Bertz CT molecular complexity index is 976. The molecule has 3 aliphatic rings. The highest BCUT2D eigenvalue weighted by atomic mass is 32.1. The van der Waals surface area contributed by atoms with Crippen molar-refractivity contribution in [2.45, 2.75) is 56.9 Å². The standard InChI is InChI=1S/C20H20N4O3S/c25-16(21-20-23-22-17(28-20)11-6-7-11)12-8-9-14-15(10-12)19(27)24(18(14)26)13-4-2-1-3-5-13/h8-11,13H,1-7H2,(H,21,23,25). The van der Waals surface area contributed by atoms with E-state index in [0.29, 0.717) is 27.7 Å². The summed E-state index contributed by atoms with van der Waals surface area (Å²) < 4.78 is 0. The van der Waals surface area contributed by atoms with E-state index >= 15 is 0 Å². The first kappa shape index (κ1) is 17.5. The number of hydrogen-bond acceptors (Lipinski definition) is 6. The van der Waals surface area contributed by atoms with Gasteiger partial charge in [0.2, 0.25) is 5.13 Å². The van der Waals surface area contributed by atoms with Gasteiger partial charge in [0.25, 0.3) is 17.7 Å². The van der Waals surface area contributed by atoms with E-state index in [1.165, 1.54) is 22.3 Å². The minimum Gasteiger partial charge on any atom is -0.296 e. The van der Waals surface area contributed by atoms with Crippen LogP contribution in [0.3, 0.4) is 0 Å². The van der Waals surface area contributed by atoms with E-state index in [0.717, 1.165) is 50.0 Å². The van der Waals surface area contributed by atoms with Gasteiger partial charge < -0.3 is 0 Å². The number of anilines is 1. The summed E-state index contributed by atoms with van der Waals surface area (Å²) in [5.41, 5.74) is 1.05. The molecule has 7 nitrogen and oxygen atoms in total. The average molecular weight is 396 g/mol. The lowest BCUT2D eigenvalue weighted by molar-refractivity contribution is 0.0549. The summed E-state index contributed by atoms with van der Waals surface area (Å²) in [7, 11) is 0. The normalized spacial score (nSPS) is 19.8. The number of aromatic nitrogens is 2. The lowest BCUT2D eigenvalue weighted by Crippen LogP contribution is -2.40. The fourth-order valence-electron chi connectivity index (χ4n) is 4.02. The van der Waals surface area contributed by atoms with Gasteiger partial charge >= 0.3 is 0 Å². The van der Waals surface area contributed by atoms with Crippen LogP contribution in [0.1, 0.15) is 86.9 Å². The zero-order valence-electron chi connectivity index (χ0n) is 15.3. The van der Waals surface area contributed by atoms with Crippen molar-refractivity contribution in [1.82, 2.24) is 15.1 Å². The molecule has 28 heavy (non-hydrogen) atoms. The maximum Gasteiger partial charge on any atom is 0.261 e. The summed E-state index contributed by atoms with van der Waals surface area (Å²) in [4.78, 5) is 39.6. The molecule has 0 spiro atoms. The Hall–Kier alpha value is -2.61. The molecule has 2 fully saturated rings. The zero-order chi connectivity index (χ0) is 19.3. The van der Waals surface area contributed by atoms with Crippen LogP contribution in [-0.2, 0) is 0 Å². The molecule has 1 aliphatic heterocycles. The van der Waals surface area contributed by atoms with Gasteiger partial charge in [0.15, 0.2) is 0 Å². The van der Waals surface area contributed by atoms with E-state index in [1.54, 1.807) is 12.1 Å². The molecule has 3 amide bonds. The SMILES string of the molecule is O=C(Nc1nnc(C2CC2)s1)c1ccc2c(c1)C(=O)N(C1CCCCC1)C2=O. The van der Waals surface area contributed by atoms with Crippen molar-refractivity contribution < 1.29 is 14.4 Å². The number of benzene rings is 1. The first-order chi connectivity index (χ1) is 13.6. The number of carbonyl (C=O) groups is 3. The second kappa shape index (κ2) is 6.77. The number of imide groups is 1. The molecule has 2 heterocycles. The quantitative estimate of drug-likeness (QED) is 0.797. The van der Waals surface area contributed by atoms with Crippen LogP contribution in [-0.4, -0.2) is 38.9 Å². The largest absolute Gasteiger partial charge is 0.296 e. The second-order valence-electron chi connectivity index (χ2n) is 7.71. The molecule has 0 saturated heterocycles. The molecule has 0 radical (unpaired) electrons. The van der Waals surface area contributed by atoms with E-state index in [4.69, 9.17) is 0 Å². The smallest absolute Gasteiger partial charge is 0.261 e. The van der Waals surface area contributed by atoms with Crippen molar-refractivity contribution in [3.8, 4) is 0 Å². The molecule has 5 rings (SSSR count). The van der Waals surface area contributed by atoms with Gasteiger partial charge in [-0.15, -0.1) is 10.2 Å². The number of fused-ring (bicyclic) bond motifs is 1. The molecule has 2 aromatic rings. The van der Waals surface area contributed by atoms with E-state index in [9.17, 15) is 14.4 Å². The van der Waals surface area contributed by atoms with Gasteiger partial charge in [0, 0.05) is 17.5 Å². The van der Waals surface area contributed by atoms with Gasteiger partial charge in [-0.25, -0.2) is 0 Å². The minimum atomic E-state index is -0.349. The van der Waals surface area contributed by atoms with Crippen molar-refractivity contribution in [3.63, 3.8) is 0 Å². The Morgan fingerprint density at radius 2 is 1.75 bits per heavy atom. The van der Waals surface area contributed by atoms with Gasteiger partial charge in [-0.05, 0) is 43.9 Å². The van der Waals surface area contributed by atoms with Gasteiger partial charge in [-0.2, -0.15) is 0 Å². The first-order valence-corrected chi connectivity index (χ1v) is 10.6. The van der Waals surface area contributed by atoms with Crippen molar-refractivity contribution in [3.05, 3.63) is 39.9 Å². The molecule has 1 aromatic carbocycles. The summed E-state index contributed by atoms with van der Waals surface area (Å²) in [6.07, 6.45) is 7.20. The van der Waals surface area contributed by atoms with E-state index in [1.807, 2.05) is 0 Å². The Balaban J connectivity index is 1.35. The van der Waals surface area contributed by atoms with Gasteiger partial charge in [-0.1, -0.05) is 30.6 Å². The number of hydrogen-bond donors (Lipinski definition) is 1. The lowest BCUT2D eigenvalue weighted by atomic mass is 9.94. The van der Waals surface area contributed by atoms with Crippen molar-refractivity contribution in [2.24, 2.45) is 0 Å². The van der Waals surface area contributed by atoms with Crippen LogP contribution in [0.5, 0.6) is 0 Å². The predicted molar refractivity (Wildman–Crippen MR) is 104 cm³/mol. The average Bonchev–Trinajstić information content (AvgIpc) is 3.41.